The summed E-state index contributed by atoms with van der Waals surface area (Å²) in [6.07, 6.45) is -0.548. The van der Waals surface area contributed by atoms with Gasteiger partial charge in [0.2, 0.25) is 0 Å². The SMILES string of the molecule is COc1ccc(N2CCN(c3cccc(C(C)O)n3)CC2(C)C)cc1. The van der Waals surface area contributed by atoms with Gasteiger partial charge in [0, 0.05) is 25.3 Å². The molecule has 3 rings (SSSR count). The largest absolute Gasteiger partial charge is 0.497 e. The number of hydrogen-bond donors (Lipinski definition) is 1. The zero-order chi connectivity index (χ0) is 18.0. The third kappa shape index (κ3) is 3.71. The van der Waals surface area contributed by atoms with E-state index < -0.39 is 6.10 Å². The van der Waals surface area contributed by atoms with Gasteiger partial charge in [-0.05, 0) is 57.2 Å². The fraction of sp³-hybridized carbons (Fsp3) is 0.450. The van der Waals surface area contributed by atoms with Crippen molar-refractivity contribution in [3.63, 3.8) is 0 Å². The maximum Gasteiger partial charge on any atom is 0.129 e. The van der Waals surface area contributed by atoms with E-state index in [1.807, 2.05) is 30.3 Å². The Morgan fingerprint density at radius 1 is 1.12 bits per heavy atom. The number of aliphatic hydroxyl groups is 1. The Kier molecular flexibility index (Phi) is 4.86. The lowest BCUT2D eigenvalue weighted by Crippen LogP contribution is -2.60. The van der Waals surface area contributed by atoms with Crippen molar-refractivity contribution in [3.05, 3.63) is 48.2 Å². The molecule has 2 aromatic rings. The molecule has 25 heavy (non-hydrogen) atoms. The quantitative estimate of drug-likeness (QED) is 0.925. The van der Waals surface area contributed by atoms with Crippen molar-refractivity contribution in [2.75, 3.05) is 36.5 Å². The van der Waals surface area contributed by atoms with Crippen LogP contribution in [0.4, 0.5) is 11.5 Å². The lowest BCUT2D eigenvalue weighted by molar-refractivity contribution is 0.194. The highest BCUT2D eigenvalue weighted by atomic mass is 16.5. The van der Waals surface area contributed by atoms with Gasteiger partial charge in [-0.3, -0.25) is 0 Å². The van der Waals surface area contributed by atoms with Gasteiger partial charge in [-0.15, -0.1) is 0 Å². The van der Waals surface area contributed by atoms with Crippen molar-refractivity contribution in [1.82, 2.24) is 4.98 Å². The van der Waals surface area contributed by atoms with E-state index >= 15 is 0 Å². The molecule has 0 bridgehead atoms. The Bertz CT molecular complexity index is 713. The first kappa shape index (κ1) is 17.5. The van der Waals surface area contributed by atoms with Gasteiger partial charge in [0.15, 0.2) is 0 Å². The first-order valence-electron chi connectivity index (χ1n) is 8.72. The minimum absolute atomic E-state index is 0.0324. The normalized spacial score (nSPS) is 18.1. The van der Waals surface area contributed by atoms with Crippen LogP contribution in [0.3, 0.4) is 0 Å². The molecule has 1 aliphatic heterocycles. The first-order valence-corrected chi connectivity index (χ1v) is 8.72. The molecule has 5 nitrogen and oxygen atoms in total. The number of rotatable bonds is 4. The lowest BCUT2D eigenvalue weighted by atomic mass is 9.97. The second-order valence-electron chi connectivity index (χ2n) is 7.18. The fourth-order valence-corrected chi connectivity index (χ4v) is 3.44. The number of nitrogens with zero attached hydrogens (tertiary/aromatic N) is 3. The Hall–Kier alpha value is -2.27. The highest BCUT2D eigenvalue weighted by Gasteiger charge is 2.34. The highest BCUT2D eigenvalue weighted by molar-refractivity contribution is 5.54. The Balaban J connectivity index is 1.79. The third-order valence-corrected chi connectivity index (χ3v) is 4.79. The van der Waals surface area contributed by atoms with E-state index in [2.05, 4.69) is 40.8 Å². The van der Waals surface area contributed by atoms with E-state index in [9.17, 15) is 5.11 Å². The summed E-state index contributed by atoms with van der Waals surface area (Å²) >= 11 is 0. The summed E-state index contributed by atoms with van der Waals surface area (Å²) in [5.41, 5.74) is 1.89. The summed E-state index contributed by atoms with van der Waals surface area (Å²) in [5.74, 6) is 1.81. The van der Waals surface area contributed by atoms with Crippen LogP contribution in [0.2, 0.25) is 0 Å². The minimum Gasteiger partial charge on any atom is -0.497 e. The third-order valence-electron chi connectivity index (χ3n) is 4.79. The van der Waals surface area contributed by atoms with Crippen molar-refractivity contribution in [2.45, 2.75) is 32.4 Å². The molecule has 1 aromatic heterocycles. The molecule has 1 saturated heterocycles. The minimum atomic E-state index is -0.548. The number of pyridine rings is 1. The number of piperazine rings is 1. The molecule has 0 saturated carbocycles. The van der Waals surface area contributed by atoms with Crippen LogP contribution in [-0.4, -0.2) is 42.4 Å². The van der Waals surface area contributed by atoms with Crippen LogP contribution in [-0.2, 0) is 0 Å². The summed E-state index contributed by atoms with van der Waals surface area (Å²) in [4.78, 5) is 9.35. The molecule has 1 unspecified atom stereocenters. The molecule has 0 spiro atoms. The van der Waals surface area contributed by atoms with Crippen LogP contribution in [0.15, 0.2) is 42.5 Å². The van der Waals surface area contributed by atoms with Crippen LogP contribution >= 0.6 is 0 Å². The van der Waals surface area contributed by atoms with E-state index in [1.54, 1.807) is 14.0 Å². The second-order valence-corrected chi connectivity index (χ2v) is 7.18. The summed E-state index contributed by atoms with van der Waals surface area (Å²) in [5, 5.41) is 9.78. The molecule has 1 aliphatic rings. The zero-order valence-electron chi connectivity index (χ0n) is 15.4. The number of hydrogen-bond acceptors (Lipinski definition) is 5. The van der Waals surface area contributed by atoms with Crippen molar-refractivity contribution in [3.8, 4) is 5.75 Å². The molecule has 134 valence electrons. The van der Waals surface area contributed by atoms with Gasteiger partial charge in [0.25, 0.3) is 0 Å². The van der Waals surface area contributed by atoms with E-state index in [0.717, 1.165) is 31.2 Å². The molecule has 0 aliphatic carbocycles. The Morgan fingerprint density at radius 2 is 1.84 bits per heavy atom. The molecule has 2 heterocycles. The molecule has 1 fully saturated rings. The number of benzene rings is 1. The van der Waals surface area contributed by atoms with E-state index in [-0.39, 0.29) is 5.54 Å². The van der Waals surface area contributed by atoms with Crippen molar-refractivity contribution >= 4 is 11.5 Å². The van der Waals surface area contributed by atoms with Gasteiger partial charge in [0.05, 0.1) is 24.4 Å². The predicted octanol–water partition coefficient (Wildman–Crippen LogP) is 3.25. The fourth-order valence-electron chi connectivity index (χ4n) is 3.44. The highest BCUT2D eigenvalue weighted by Crippen LogP contribution is 2.31. The Labute approximate surface area is 149 Å². The monoisotopic (exact) mass is 341 g/mol. The van der Waals surface area contributed by atoms with Crippen molar-refractivity contribution in [1.29, 1.82) is 0 Å². The van der Waals surface area contributed by atoms with Crippen LogP contribution in [0.5, 0.6) is 5.75 Å². The first-order chi connectivity index (χ1) is 11.9. The smallest absolute Gasteiger partial charge is 0.129 e. The van der Waals surface area contributed by atoms with Gasteiger partial charge in [-0.25, -0.2) is 4.98 Å². The summed E-state index contributed by atoms with van der Waals surface area (Å²) < 4.78 is 5.26. The van der Waals surface area contributed by atoms with Crippen molar-refractivity contribution in [2.24, 2.45) is 0 Å². The molecule has 1 atom stereocenters. The average molecular weight is 341 g/mol. The van der Waals surface area contributed by atoms with Gasteiger partial charge >= 0.3 is 0 Å². The summed E-state index contributed by atoms with van der Waals surface area (Å²) in [7, 11) is 1.69. The van der Waals surface area contributed by atoms with Crippen LogP contribution < -0.4 is 14.5 Å². The van der Waals surface area contributed by atoms with Gasteiger partial charge < -0.3 is 19.6 Å². The summed E-state index contributed by atoms with van der Waals surface area (Å²) in [6.45, 7) is 8.93. The number of ether oxygens (including phenoxy) is 1. The number of methoxy groups -OCH3 is 1. The van der Waals surface area contributed by atoms with E-state index in [4.69, 9.17) is 4.74 Å². The van der Waals surface area contributed by atoms with Gasteiger partial charge in [-0.2, -0.15) is 0 Å². The Morgan fingerprint density at radius 3 is 2.44 bits per heavy atom. The number of aliphatic hydroxyl groups excluding tert-OH is 1. The molecule has 1 N–H and O–H groups in total. The molecular weight excluding hydrogens is 314 g/mol. The van der Waals surface area contributed by atoms with Gasteiger partial charge in [0.1, 0.15) is 11.6 Å². The van der Waals surface area contributed by atoms with Crippen LogP contribution in [0, 0.1) is 0 Å². The van der Waals surface area contributed by atoms with E-state index in [0.29, 0.717) is 5.69 Å². The maximum atomic E-state index is 9.78. The summed E-state index contributed by atoms with van der Waals surface area (Å²) in [6, 6.07) is 14.1. The topological polar surface area (TPSA) is 48.8 Å². The van der Waals surface area contributed by atoms with Crippen LogP contribution in [0.25, 0.3) is 0 Å². The maximum absolute atomic E-state index is 9.78. The number of anilines is 2. The lowest BCUT2D eigenvalue weighted by Gasteiger charge is -2.49. The predicted molar refractivity (Wildman–Crippen MR) is 102 cm³/mol. The average Bonchev–Trinajstić information content (AvgIpc) is 2.61. The molecular formula is C20H27N3O2. The van der Waals surface area contributed by atoms with E-state index in [1.165, 1.54) is 5.69 Å². The zero-order valence-corrected chi connectivity index (χ0v) is 15.4. The standard InChI is InChI=1S/C20H27N3O2/c1-15(24)18-6-5-7-19(21-18)22-12-13-23(20(2,3)14-22)16-8-10-17(25-4)11-9-16/h5-11,15,24H,12-14H2,1-4H3. The molecule has 1 aromatic carbocycles. The van der Waals surface area contributed by atoms with Crippen molar-refractivity contribution < 1.29 is 9.84 Å². The van der Waals surface area contributed by atoms with Crippen LogP contribution in [0.1, 0.15) is 32.6 Å². The molecule has 5 heteroatoms. The van der Waals surface area contributed by atoms with Gasteiger partial charge in [-0.1, -0.05) is 6.07 Å². The molecule has 0 amide bonds. The molecule has 0 radical (unpaired) electrons. The number of aromatic nitrogens is 1. The second kappa shape index (κ2) is 6.92.